The van der Waals surface area contributed by atoms with Gasteiger partial charge in [-0.1, -0.05) is 12.1 Å². The lowest BCUT2D eigenvalue weighted by molar-refractivity contribution is 0.232. The average molecular weight is 304 g/mol. The molecule has 0 aromatic heterocycles. The fourth-order valence-electron chi connectivity index (χ4n) is 0.767. The van der Waals surface area contributed by atoms with E-state index in [4.69, 9.17) is 10.9 Å². The molecular weight excluding hydrogens is 295 g/mol. The lowest BCUT2D eigenvalue weighted by Gasteiger charge is -1.93. The quantitative estimate of drug-likeness (QED) is 0.329. The number of nitrogens with two attached hydrogens (primary N) is 1. The SMILES string of the molecule is NC(=N/N=C\c1cccc(I)c1)NO. The van der Waals surface area contributed by atoms with Gasteiger partial charge in [-0.2, -0.15) is 5.10 Å². The molecular formula is C8H9IN4O. The van der Waals surface area contributed by atoms with E-state index in [0.717, 1.165) is 9.13 Å². The van der Waals surface area contributed by atoms with Gasteiger partial charge < -0.3 is 5.73 Å². The van der Waals surface area contributed by atoms with Crippen molar-refractivity contribution < 1.29 is 5.21 Å². The molecule has 0 radical (unpaired) electrons. The Morgan fingerprint density at radius 1 is 1.57 bits per heavy atom. The minimum Gasteiger partial charge on any atom is -0.367 e. The van der Waals surface area contributed by atoms with E-state index < -0.39 is 0 Å². The zero-order chi connectivity index (χ0) is 10.4. The molecule has 0 heterocycles. The van der Waals surface area contributed by atoms with E-state index in [-0.39, 0.29) is 5.96 Å². The van der Waals surface area contributed by atoms with Crippen molar-refractivity contribution in [3.8, 4) is 0 Å². The molecule has 0 bridgehead atoms. The molecule has 5 nitrogen and oxygen atoms in total. The van der Waals surface area contributed by atoms with E-state index in [1.807, 2.05) is 24.3 Å². The summed E-state index contributed by atoms with van der Waals surface area (Å²) in [5.74, 6) is -0.146. The smallest absolute Gasteiger partial charge is 0.237 e. The van der Waals surface area contributed by atoms with Crippen molar-refractivity contribution in [2.24, 2.45) is 15.9 Å². The largest absolute Gasteiger partial charge is 0.367 e. The number of nitrogens with zero attached hydrogens (tertiary/aromatic N) is 2. The molecule has 0 amide bonds. The van der Waals surface area contributed by atoms with E-state index in [1.165, 1.54) is 0 Å². The summed E-state index contributed by atoms with van der Waals surface area (Å²) in [4.78, 5) is 0. The summed E-state index contributed by atoms with van der Waals surface area (Å²) in [5.41, 5.74) is 7.74. The Kier molecular flexibility index (Phi) is 4.33. The fourth-order valence-corrected chi connectivity index (χ4v) is 1.33. The Morgan fingerprint density at radius 2 is 2.36 bits per heavy atom. The number of halogens is 1. The first-order valence-corrected chi connectivity index (χ1v) is 4.82. The van der Waals surface area contributed by atoms with E-state index in [2.05, 4.69) is 32.8 Å². The van der Waals surface area contributed by atoms with Crippen LogP contribution in [0.25, 0.3) is 0 Å². The third kappa shape index (κ3) is 3.71. The van der Waals surface area contributed by atoms with Crippen molar-refractivity contribution >= 4 is 34.8 Å². The van der Waals surface area contributed by atoms with E-state index in [9.17, 15) is 0 Å². The third-order valence-electron chi connectivity index (χ3n) is 1.34. The highest BCUT2D eigenvalue weighted by atomic mass is 127. The molecule has 0 aliphatic carbocycles. The van der Waals surface area contributed by atoms with Gasteiger partial charge in [0.05, 0.1) is 6.21 Å². The molecule has 74 valence electrons. The highest BCUT2D eigenvalue weighted by molar-refractivity contribution is 14.1. The maximum Gasteiger partial charge on any atom is 0.237 e. The van der Waals surface area contributed by atoms with Crippen molar-refractivity contribution in [3.05, 3.63) is 33.4 Å². The summed E-state index contributed by atoms with van der Waals surface area (Å²) < 4.78 is 1.11. The highest BCUT2D eigenvalue weighted by Crippen LogP contribution is 2.05. The normalized spacial score (nSPS) is 12.0. The second kappa shape index (κ2) is 5.55. The predicted octanol–water partition coefficient (Wildman–Crippen LogP) is 0.919. The van der Waals surface area contributed by atoms with Crippen molar-refractivity contribution in [1.82, 2.24) is 5.48 Å². The molecule has 0 spiro atoms. The van der Waals surface area contributed by atoms with Crippen LogP contribution in [0, 0.1) is 3.57 Å². The molecule has 0 atom stereocenters. The number of nitrogens with one attached hydrogen (secondary N) is 1. The maximum absolute atomic E-state index is 8.30. The molecule has 6 heteroatoms. The molecule has 0 aliphatic rings. The molecule has 0 aliphatic heterocycles. The van der Waals surface area contributed by atoms with E-state index >= 15 is 0 Å². The van der Waals surface area contributed by atoms with Gasteiger partial charge in [0, 0.05) is 3.57 Å². The summed E-state index contributed by atoms with van der Waals surface area (Å²) in [6.45, 7) is 0. The van der Waals surface area contributed by atoms with Crippen LogP contribution in [-0.4, -0.2) is 17.4 Å². The molecule has 0 fully saturated rings. The summed E-state index contributed by atoms with van der Waals surface area (Å²) in [6, 6.07) is 7.73. The number of hydrogen-bond donors (Lipinski definition) is 3. The summed E-state index contributed by atoms with van der Waals surface area (Å²) >= 11 is 2.20. The second-order valence-corrected chi connectivity index (χ2v) is 3.64. The van der Waals surface area contributed by atoms with Crippen LogP contribution in [0.5, 0.6) is 0 Å². The van der Waals surface area contributed by atoms with E-state index in [0.29, 0.717) is 0 Å². The Hall–Kier alpha value is -1.15. The van der Waals surface area contributed by atoms with Crippen molar-refractivity contribution in [2.75, 3.05) is 0 Å². The van der Waals surface area contributed by atoms with Crippen LogP contribution in [0.2, 0.25) is 0 Å². The van der Waals surface area contributed by atoms with Crippen LogP contribution in [0.1, 0.15) is 5.56 Å². The lowest BCUT2D eigenvalue weighted by atomic mass is 10.2. The molecule has 1 aromatic carbocycles. The Labute approximate surface area is 94.8 Å². The van der Waals surface area contributed by atoms with E-state index in [1.54, 1.807) is 11.7 Å². The fraction of sp³-hybridized carbons (Fsp3) is 0. The first kappa shape index (κ1) is 10.9. The van der Waals surface area contributed by atoms with Crippen molar-refractivity contribution in [1.29, 1.82) is 0 Å². The summed E-state index contributed by atoms with van der Waals surface area (Å²) in [7, 11) is 0. The Morgan fingerprint density at radius 3 is 3.00 bits per heavy atom. The average Bonchev–Trinajstić information content (AvgIpc) is 2.17. The van der Waals surface area contributed by atoms with Gasteiger partial charge in [0.15, 0.2) is 0 Å². The van der Waals surface area contributed by atoms with Crippen LogP contribution in [0.3, 0.4) is 0 Å². The third-order valence-corrected chi connectivity index (χ3v) is 2.01. The van der Waals surface area contributed by atoms with Gasteiger partial charge in [-0.15, -0.1) is 5.10 Å². The van der Waals surface area contributed by atoms with Crippen molar-refractivity contribution in [2.45, 2.75) is 0 Å². The van der Waals surface area contributed by atoms with Gasteiger partial charge >= 0.3 is 0 Å². The van der Waals surface area contributed by atoms with Gasteiger partial charge in [-0.25, -0.2) is 5.48 Å². The Balaban J connectivity index is 2.69. The van der Waals surface area contributed by atoms with Crippen LogP contribution < -0.4 is 11.2 Å². The zero-order valence-corrected chi connectivity index (χ0v) is 9.34. The van der Waals surface area contributed by atoms with Gasteiger partial charge in [0.1, 0.15) is 0 Å². The van der Waals surface area contributed by atoms with Gasteiger partial charge in [0.25, 0.3) is 0 Å². The minimum atomic E-state index is -0.146. The number of hydrogen-bond acceptors (Lipinski definition) is 3. The first-order chi connectivity index (χ1) is 6.72. The van der Waals surface area contributed by atoms with Crippen LogP contribution in [-0.2, 0) is 0 Å². The predicted molar refractivity (Wildman–Crippen MR) is 63.3 cm³/mol. The standard InChI is InChI=1S/C8H9IN4O/c9-7-3-1-2-6(4-7)5-11-12-8(10)13-14/h1-5,14H,(H3,10,12,13)/b11-5-. The first-order valence-electron chi connectivity index (χ1n) is 3.74. The molecule has 0 saturated heterocycles. The number of hydroxylamine groups is 1. The Bertz CT molecular complexity index is 364. The molecule has 0 unspecified atom stereocenters. The van der Waals surface area contributed by atoms with Crippen LogP contribution in [0.15, 0.2) is 34.5 Å². The monoisotopic (exact) mass is 304 g/mol. The topological polar surface area (TPSA) is 83.0 Å². The molecule has 14 heavy (non-hydrogen) atoms. The molecule has 1 rings (SSSR count). The maximum atomic E-state index is 8.30. The lowest BCUT2D eigenvalue weighted by Crippen LogP contribution is -2.27. The number of benzene rings is 1. The number of guanidine groups is 1. The molecule has 1 aromatic rings. The summed E-state index contributed by atoms with van der Waals surface area (Å²) in [5, 5.41) is 15.4. The second-order valence-electron chi connectivity index (χ2n) is 2.40. The van der Waals surface area contributed by atoms with Gasteiger partial charge in [-0.3, -0.25) is 5.21 Å². The van der Waals surface area contributed by atoms with Crippen LogP contribution >= 0.6 is 22.6 Å². The molecule has 4 N–H and O–H groups in total. The highest BCUT2D eigenvalue weighted by Gasteiger charge is 1.88. The molecule has 0 saturated carbocycles. The van der Waals surface area contributed by atoms with Gasteiger partial charge in [0.2, 0.25) is 5.96 Å². The van der Waals surface area contributed by atoms with Gasteiger partial charge in [-0.05, 0) is 40.3 Å². The summed E-state index contributed by atoms with van der Waals surface area (Å²) in [6.07, 6.45) is 1.55. The zero-order valence-electron chi connectivity index (χ0n) is 7.18. The van der Waals surface area contributed by atoms with Crippen molar-refractivity contribution in [3.63, 3.8) is 0 Å². The number of rotatable bonds is 2. The van der Waals surface area contributed by atoms with Crippen LogP contribution in [0.4, 0.5) is 0 Å². The minimum absolute atomic E-state index is 0.146.